The molecule has 0 aliphatic heterocycles. The lowest BCUT2D eigenvalue weighted by Gasteiger charge is -2.44. The SMILES string of the molecule is C=COCCOCCCC(F)(F)C(F)(F)C(F)(F)C(F)(F)C(F)(F)C(F)(F)C(F)(F)C(F)(F)C(F)(F)C(F)(F)F. The fourth-order valence-electron chi connectivity index (χ4n) is 2.44. The van der Waals surface area contributed by atoms with Crippen molar-refractivity contribution in [1.29, 1.82) is 0 Å². The molecule has 0 aliphatic carbocycles. The lowest BCUT2D eigenvalue weighted by atomic mass is 9.85. The molecule has 0 atom stereocenters. The Labute approximate surface area is 208 Å². The summed E-state index contributed by atoms with van der Waals surface area (Å²) in [6.07, 6.45) is -11.4. The topological polar surface area (TPSA) is 18.5 Å². The van der Waals surface area contributed by atoms with Gasteiger partial charge in [-0.25, -0.2) is 0 Å². The van der Waals surface area contributed by atoms with Gasteiger partial charge in [0, 0.05) is 13.0 Å². The van der Waals surface area contributed by atoms with Crippen LogP contribution in [0.3, 0.4) is 0 Å². The predicted molar refractivity (Wildman–Crippen MR) is 86.8 cm³/mol. The molecule has 0 radical (unpaired) electrons. The minimum absolute atomic E-state index is 0.359. The van der Waals surface area contributed by atoms with Crippen molar-refractivity contribution in [1.82, 2.24) is 0 Å². The van der Waals surface area contributed by atoms with Crippen LogP contribution in [0.1, 0.15) is 12.8 Å². The molecule has 0 saturated heterocycles. The standard InChI is InChI=1S/C17H13F21O2/c1-2-39-6-7-40-5-3-4-8(18,19)9(20,21)10(22,23)11(24,25)12(26,27)13(28,29)14(30,31)15(32,33)16(34,35)17(36,37)38/h2H,1,3-7H2. The molecule has 0 saturated carbocycles. The molecular formula is C17H13F21O2. The van der Waals surface area contributed by atoms with Gasteiger partial charge in [-0.1, -0.05) is 6.58 Å². The lowest BCUT2D eigenvalue weighted by molar-refractivity contribution is -0.474. The maximum absolute atomic E-state index is 13.7. The normalized spacial score (nSPS) is 15.8. The van der Waals surface area contributed by atoms with Gasteiger partial charge in [0.1, 0.15) is 6.61 Å². The second kappa shape index (κ2) is 11.0. The summed E-state index contributed by atoms with van der Waals surface area (Å²) < 4.78 is 287. The van der Waals surface area contributed by atoms with Gasteiger partial charge in [-0.3, -0.25) is 0 Å². The monoisotopic (exact) mass is 648 g/mol. The van der Waals surface area contributed by atoms with Gasteiger partial charge in [0.25, 0.3) is 0 Å². The van der Waals surface area contributed by atoms with Gasteiger partial charge in [-0.15, -0.1) is 0 Å². The third-order valence-electron chi connectivity index (χ3n) is 4.82. The molecule has 23 heteroatoms. The van der Waals surface area contributed by atoms with Crippen LogP contribution in [-0.2, 0) is 9.47 Å². The molecule has 0 N–H and O–H groups in total. The fourth-order valence-corrected chi connectivity index (χ4v) is 2.44. The van der Waals surface area contributed by atoms with Gasteiger partial charge in [-0.05, 0) is 6.42 Å². The quantitative estimate of drug-likeness (QED) is 0.0955. The van der Waals surface area contributed by atoms with Gasteiger partial charge >= 0.3 is 59.5 Å². The molecule has 0 rings (SSSR count). The van der Waals surface area contributed by atoms with Crippen LogP contribution in [0.15, 0.2) is 12.8 Å². The zero-order valence-electron chi connectivity index (χ0n) is 18.6. The highest BCUT2D eigenvalue weighted by Crippen LogP contribution is 2.66. The number of ether oxygens (including phenoxy) is 2. The molecule has 0 aromatic rings. The Morgan fingerprint density at radius 2 is 0.750 bits per heavy atom. The molecule has 0 spiro atoms. The van der Waals surface area contributed by atoms with Crippen LogP contribution in [0.2, 0.25) is 0 Å². The molecule has 40 heavy (non-hydrogen) atoms. The average molecular weight is 648 g/mol. The summed E-state index contributed by atoms with van der Waals surface area (Å²) in [7, 11) is 0. The Hall–Kier alpha value is -1.97. The number of hydrogen-bond donors (Lipinski definition) is 0. The maximum atomic E-state index is 13.7. The number of rotatable bonds is 16. The zero-order valence-corrected chi connectivity index (χ0v) is 18.6. The summed E-state index contributed by atoms with van der Waals surface area (Å²) in [4.78, 5) is 0. The second-order valence-electron chi connectivity index (χ2n) is 7.55. The van der Waals surface area contributed by atoms with Crippen molar-refractivity contribution >= 4 is 0 Å². The van der Waals surface area contributed by atoms with Crippen molar-refractivity contribution in [2.24, 2.45) is 0 Å². The van der Waals surface area contributed by atoms with Crippen LogP contribution in [0, 0.1) is 0 Å². The van der Waals surface area contributed by atoms with E-state index in [1.54, 1.807) is 0 Å². The van der Waals surface area contributed by atoms with Crippen molar-refractivity contribution in [2.75, 3.05) is 19.8 Å². The summed E-state index contributed by atoms with van der Waals surface area (Å²) in [5.41, 5.74) is 0. The molecule has 0 aromatic heterocycles. The van der Waals surface area contributed by atoms with E-state index in [0.29, 0.717) is 0 Å². The molecule has 0 aromatic carbocycles. The molecule has 0 bridgehead atoms. The first kappa shape index (κ1) is 38.0. The highest BCUT2D eigenvalue weighted by molar-refractivity contribution is 5.17. The van der Waals surface area contributed by atoms with Crippen LogP contribution < -0.4 is 0 Å². The molecule has 2 nitrogen and oxygen atoms in total. The number of halogens is 21. The van der Waals surface area contributed by atoms with Gasteiger partial charge in [0.15, 0.2) is 0 Å². The first-order valence-electron chi connectivity index (χ1n) is 9.58. The largest absolute Gasteiger partial charge is 0.499 e. The van der Waals surface area contributed by atoms with E-state index in [1.807, 2.05) is 0 Å². The lowest BCUT2D eigenvalue weighted by Crippen LogP contribution is -2.76. The summed E-state index contributed by atoms with van der Waals surface area (Å²) in [5.74, 6) is -76.8. The highest BCUT2D eigenvalue weighted by atomic mass is 19.4. The highest BCUT2D eigenvalue weighted by Gasteiger charge is 2.97. The van der Waals surface area contributed by atoms with E-state index in [1.165, 1.54) is 0 Å². The molecular weight excluding hydrogens is 635 g/mol. The Morgan fingerprint density at radius 3 is 1.07 bits per heavy atom. The van der Waals surface area contributed by atoms with Crippen molar-refractivity contribution in [3.8, 4) is 0 Å². The van der Waals surface area contributed by atoms with E-state index in [-0.39, 0.29) is 6.61 Å². The minimum atomic E-state index is -9.17. The van der Waals surface area contributed by atoms with Crippen LogP contribution in [0.4, 0.5) is 92.2 Å². The van der Waals surface area contributed by atoms with Crippen LogP contribution >= 0.6 is 0 Å². The molecule has 0 aliphatic rings. The maximum Gasteiger partial charge on any atom is 0.460 e. The summed E-state index contributed by atoms with van der Waals surface area (Å²) in [6.45, 7) is 1.06. The Kier molecular flexibility index (Phi) is 10.5. The van der Waals surface area contributed by atoms with E-state index in [4.69, 9.17) is 0 Å². The Morgan fingerprint density at radius 1 is 0.425 bits per heavy atom. The molecule has 0 heterocycles. The second-order valence-corrected chi connectivity index (χ2v) is 7.55. The summed E-state index contributed by atoms with van der Waals surface area (Å²) in [6, 6.07) is 0. The van der Waals surface area contributed by atoms with E-state index < -0.39 is 85.5 Å². The molecule has 0 fully saturated rings. The van der Waals surface area contributed by atoms with Gasteiger partial charge in [0.05, 0.1) is 12.9 Å². The predicted octanol–water partition coefficient (Wildman–Crippen LogP) is 8.22. The van der Waals surface area contributed by atoms with E-state index in [2.05, 4.69) is 16.1 Å². The third kappa shape index (κ3) is 5.58. The van der Waals surface area contributed by atoms with Crippen molar-refractivity contribution in [3.63, 3.8) is 0 Å². The first-order valence-corrected chi connectivity index (χ1v) is 9.58. The summed E-state index contributed by atoms with van der Waals surface area (Å²) in [5, 5.41) is 0. The van der Waals surface area contributed by atoms with Crippen molar-refractivity contribution in [2.45, 2.75) is 72.3 Å². The van der Waals surface area contributed by atoms with Crippen LogP contribution in [0.25, 0.3) is 0 Å². The van der Waals surface area contributed by atoms with Crippen molar-refractivity contribution in [3.05, 3.63) is 12.8 Å². The molecule has 0 amide bonds. The zero-order chi connectivity index (χ0) is 32.7. The first-order chi connectivity index (χ1) is 17.3. The van der Waals surface area contributed by atoms with Crippen molar-refractivity contribution < 1.29 is 102 Å². The number of alkyl halides is 21. The third-order valence-corrected chi connectivity index (χ3v) is 4.82. The van der Waals surface area contributed by atoms with Crippen LogP contribution in [0.5, 0.6) is 0 Å². The van der Waals surface area contributed by atoms with E-state index in [9.17, 15) is 92.2 Å². The fraction of sp³-hybridized carbons (Fsp3) is 0.882. The Balaban J connectivity index is 6.48. The Bertz CT molecular complexity index is 860. The summed E-state index contributed by atoms with van der Waals surface area (Å²) >= 11 is 0. The molecule has 0 unspecified atom stereocenters. The minimum Gasteiger partial charge on any atom is -0.499 e. The van der Waals surface area contributed by atoms with E-state index >= 15 is 0 Å². The average Bonchev–Trinajstić information content (AvgIpc) is 2.76. The number of hydrogen-bond acceptors (Lipinski definition) is 2. The van der Waals surface area contributed by atoms with Gasteiger partial charge < -0.3 is 9.47 Å². The van der Waals surface area contributed by atoms with Gasteiger partial charge in [0.2, 0.25) is 0 Å². The van der Waals surface area contributed by atoms with E-state index in [0.717, 1.165) is 6.26 Å². The smallest absolute Gasteiger partial charge is 0.460 e. The molecule has 240 valence electrons. The van der Waals surface area contributed by atoms with Crippen LogP contribution in [-0.4, -0.2) is 79.3 Å². The van der Waals surface area contributed by atoms with Gasteiger partial charge in [-0.2, -0.15) is 92.2 Å².